The van der Waals surface area contributed by atoms with E-state index in [1.165, 1.54) is 0 Å². The molecule has 0 heterocycles. The van der Waals surface area contributed by atoms with Crippen molar-refractivity contribution in [2.75, 3.05) is 5.32 Å². The summed E-state index contributed by atoms with van der Waals surface area (Å²) in [4.78, 5) is 10.8. The van der Waals surface area contributed by atoms with Crippen molar-refractivity contribution in [2.24, 2.45) is 11.7 Å². The number of carbonyl (C=O) groups excluding carboxylic acids is 1. The number of nitrogens with one attached hydrogen (secondary N) is 1. The zero-order chi connectivity index (χ0) is 9.97. The Morgan fingerprint density at radius 2 is 1.93 bits per heavy atom. The normalized spacial score (nSPS) is 25.1. The SMILES string of the molecule is NC(=O)[C@H]1C[C@H](Nc2ccccc2)C1. The van der Waals surface area contributed by atoms with Crippen LogP contribution in [0.3, 0.4) is 0 Å². The zero-order valence-electron chi connectivity index (χ0n) is 7.94. The van der Waals surface area contributed by atoms with Gasteiger partial charge < -0.3 is 11.1 Å². The largest absolute Gasteiger partial charge is 0.382 e. The molecule has 0 unspecified atom stereocenters. The van der Waals surface area contributed by atoms with Crippen molar-refractivity contribution in [3.05, 3.63) is 30.3 Å². The van der Waals surface area contributed by atoms with E-state index in [2.05, 4.69) is 5.32 Å². The van der Waals surface area contributed by atoms with E-state index in [0.717, 1.165) is 18.5 Å². The van der Waals surface area contributed by atoms with Crippen LogP contribution < -0.4 is 11.1 Å². The van der Waals surface area contributed by atoms with Crippen LogP contribution in [0.2, 0.25) is 0 Å². The third-order valence-corrected chi connectivity index (χ3v) is 2.69. The molecule has 3 N–H and O–H groups in total. The molecule has 0 atom stereocenters. The first-order chi connectivity index (χ1) is 6.75. The Hall–Kier alpha value is -1.51. The topological polar surface area (TPSA) is 55.1 Å². The third-order valence-electron chi connectivity index (χ3n) is 2.69. The molecule has 1 amide bonds. The monoisotopic (exact) mass is 190 g/mol. The zero-order valence-corrected chi connectivity index (χ0v) is 7.94. The molecular weight excluding hydrogens is 176 g/mol. The van der Waals surface area contributed by atoms with Crippen molar-refractivity contribution in [2.45, 2.75) is 18.9 Å². The maximum absolute atomic E-state index is 10.8. The number of amides is 1. The van der Waals surface area contributed by atoms with Gasteiger partial charge in [-0.15, -0.1) is 0 Å². The molecule has 1 saturated carbocycles. The third kappa shape index (κ3) is 1.87. The lowest BCUT2D eigenvalue weighted by atomic mass is 9.80. The number of carbonyl (C=O) groups is 1. The number of para-hydroxylation sites is 1. The minimum Gasteiger partial charge on any atom is -0.382 e. The molecule has 3 nitrogen and oxygen atoms in total. The van der Waals surface area contributed by atoms with Gasteiger partial charge >= 0.3 is 0 Å². The first kappa shape index (κ1) is 9.06. The summed E-state index contributed by atoms with van der Waals surface area (Å²) >= 11 is 0. The molecule has 0 bridgehead atoms. The van der Waals surface area contributed by atoms with E-state index in [9.17, 15) is 4.79 Å². The highest BCUT2D eigenvalue weighted by atomic mass is 16.1. The van der Waals surface area contributed by atoms with Gasteiger partial charge in [0.25, 0.3) is 0 Å². The summed E-state index contributed by atoms with van der Waals surface area (Å²) in [7, 11) is 0. The second-order valence-corrected chi connectivity index (χ2v) is 3.78. The van der Waals surface area contributed by atoms with E-state index < -0.39 is 0 Å². The lowest BCUT2D eigenvalue weighted by molar-refractivity contribution is -0.124. The van der Waals surface area contributed by atoms with Gasteiger partial charge in [0.2, 0.25) is 5.91 Å². The summed E-state index contributed by atoms with van der Waals surface area (Å²) in [6.45, 7) is 0. The molecule has 1 aliphatic rings. The number of anilines is 1. The maximum Gasteiger partial charge on any atom is 0.220 e. The molecule has 74 valence electrons. The van der Waals surface area contributed by atoms with Crippen LogP contribution in [0.1, 0.15) is 12.8 Å². The molecule has 0 aliphatic heterocycles. The minimum absolute atomic E-state index is 0.0798. The Bertz CT molecular complexity index is 317. The van der Waals surface area contributed by atoms with Crippen LogP contribution in [0.25, 0.3) is 0 Å². The number of benzene rings is 1. The maximum atomic E-state index is 10.8. The molecule has 0 radical (unpaired) electrons. The molecule has 0 saturated heterocycles. The van der Waals surface area contributed by atoms with E-state index >= 15 is 0 Å². The highest BCUT2D eigenvalue weighted by Crippen LogP contribution is 2.29. The second kappa shape index (κ2) is 3.70. The van der Waals surface area contributed by atoms with Gasteiger partial charge in [-0.3, -0.25) is 4.79 Å². The number of primary amides is 1. The van der Waals surface area contributed by atoms with Crippen LogP contribution >= 0.6 is 0 Å². The number of hydrogen-bond donors (Lipinski definition) is 2. The number of nitrogens with two attached hydrogens (primary N) is 1. The molecule has 14 heavy (non-hydrogen) atoms. The highest BCUT2D eigenvalue weighted by molar-refractivity contribution is 5.78. The van der Waals surface area contributed by atoms with Gasteiger partial charge in [0.05, 0.1) is 0 Å². The second-order valence-electron chi connectivity index (χ2n) is 3.78. The molecular formula is C11H14N2O. The van der Waals surface area contributed by atoms with E-state index in [1.54, 1.807) is 0 Å². The molecule has 0 aromatic heterocycles. The molecule has 1 aromatic carbocycles. The predicted molar refractivity (Wildman–Crippen MR) is 55.8 cm³/mol. The van der Waals surface area contributed by atoms with Crippen LogP contribution in [0.4, 0.5) is 5.69 Å². The molecule has 1 fully saturated rings. The number of hydrogen-bond acceptors (Lipinski definition) is 2. The minimum atomic E-state index is -0.170. The standard InChI is InChI=1S/C11H14N2O/c12-11(14)8-6-10(7-8)13-9-4-2-1-3-5-9/h1-5,8,10,13H,6-7H2,(H2,12,14)/t8-,10-. The van der Waals surface area contributed by atoms with Crippen LogP contribution in [-0.2, 0) is 4.79 Å². The Morgan fingerprint density at radius 1 is 1.29 bits per heavy atom. The summed E-state index contributed by atoms with van der Waals surface area (Å²) in [5, 5.41) is 3.36. The lowest BCUT2D eigenvalue weighted by Gasteiger charge is -2.34. The van der Waals surface area contributed by atoms with Crippen LogP contribution in [0.15, 0.2) is 30.3 Å². The van der Waals surface area contributed by atoms with Gasteiger partial charge in [0.1, 0.15) is 0 Å². The summed E-state index contributed by atoms with van der Waals surface area (Å²) in [5.74, 6) is -0.0904. The van der Waals surface area contributed by atoms with Crippen molar-refractivity contribution < 1.29 is 4.79 Å². The summed E-state index contributed by atoms with van der Waals surface area (Å²) < 4.78 is 0. The Morgan fingerprint density at radius 3 is 2.50 bits per heavy atom. The van der Waals surface area contributed by atoms with Gasteiger partial charge in [-0.05, 0) is 25.0 Å². The summed E-state index contributed by atoms with van der Waals surface area (Å²) in [5.41, 5.74) is 6.30. The predicted octanol–water partition coefficient (Wildman–Crippen LogP) is 1.36. The van der Waals surface area contributed by atoms with Crippen molar-refractivity contribution in [1.82, 2.24) is 0 Å². The highest BCUT2D eigenvalue weighted by Gasteiger charge is 2.32. The van der Waals surface area contributed by atoms with Gasteiger partial charge in [-0.2, -0.15) is 0 Å². The van der Waals surface area contributed by atoms with Crippen LogP contribution in [0, 0.1) is 5.92 Å². The van der Waals surface area contributed by atoms with E-state index in [1.807, 2.05) is 30.3 Å². The lowest BCUT2D eigenvalue weighted by Crippen LogP contribution is -2.42. The Balaban J connectivity index is 1.82. The Kier molecular flexibility index (Phi) is 2.39. The van der Waals surface area contributed by atoms with Crippen molar-refractivity contribution in [3.63, 3.8) is 0 Å². The van der Waals surface area contributed by atoms with Crippen molar-refractivity contribution in [3.8, 4) is 0 Å². The fourth-order valence-electron chi connectivity index (χ4n) is 1.74. The Labute approximate surface area is 83.3 Å². The summed E-state index contributed by atoms with van der Waals surface area (Å²) in [6, 6.07) is 10.4. The van der Waals surface area contributed by atoms with Crippen molar-refractivity contribution >= 4 is 11.6 Å². The van der Waals surface area contributed by atoms with Crippen LogP contribution in [-0.4, -0.2) is 11.9 Å². The van der Waals surface area contributed by atoms with Crippen LogP contribution in [0.5, 0.6) is 0 Å². The molecule has 1 aromatic rings. The van der Waals surface area contributed by atoms with E-state index in [4.69, 9.17) is 5.73 Å². The average Bonchev–Trinajstić information content (AvgIpc) is 2.12. The van der Waals surface area contributed by atoms with E-state index in [0.29, 0.717) is 6.04 Å². The molecule has 1 aliphatic carbocycles. The smallest absolute Gasteiger partial charge is 0.220 e. The van der Waals surface area contributed by atoms with Gasteiger partial charge in [-0.1, -0.05) is 18.2 Å². The first-order valence-electron chi connectivity index (χ1n) is 4.86. The molecule has 3 heteroatoms. The first-order valence-corrected chi connectivity index (χ1v) is 4.86. The molecule has 2 rings (SSSR count). The fraction of sp³-hybridized carbons (Fsp3) is 0.364. The van der Waals surface area contributed by atoms with Gasteiger partial charge in [-0.25, -0.2) is 0 Å². The average molecular weight is 190 g/mol. The number of rotatable bonds is 3. The van der Waals surface area contributed by atoms with Crippen molar-refractivity contribution in [1.29, 1.82) is 0 Å². The fourth-order valence-corrected chi connectivity index (χ4v) is 1.74. The molecule has 0 spiro atoms. The quantitative estimate of drug-likeness (QED) is 0.756. The van der Waals surface area contributed by atoms with E-state index in [-0.39, 0.29) is 11.8 Å². The van der Waals surface area contributed by atoms with Gasteiger partial charge in [0.15, 0.2) is 0 Å². The summed E-state index contributed by atoms with van der Waals surface area (Å²) in [6.07, 6.45) is 1.73. The van der Waals surface area contributed by atoms with Gasteiger partial charge in [0, 0.05) is 17.6 Å².